The van der Waals surface area contributed by atoms with Gasteiger partial charge in [-0.25, -0.2) is 9.69 Å². The van der Waals surface area contributed by atoms with E-state index in [0.717, 1.165) is 0 Å². The number of carboxylic acid groups (broad SMARTS) is 1. The van der Waals surface area contributed by atoms with Crippen LogP contribution in [-0.4, -0.2) is 70.1 Å². The molecule has 3 atom stereocenters. The SMILES string of the molecule is CCC12O[C@@H](N(C(=O)O)CC1(C)C)[C@]2(O)N1CCOC1. The molecule has 1 unspecified atom stereocenters. The molecule has 1 amide bonds. The lowest BCUT2D eigenvalue weighted by Gasteiger charge is -2.73. The van der Waals surface area contributed by atoms with E-state index < -0.39 is 29.1 Å². The minimum absolute atomic E-state index is 0.307. The maximum Gasteiger partial charge on any atom is 0.409 e. The molecule has 0 saturated carbocycles. The summed E-state index contributed by atoms with van der Waals surface area (Å²) in [5.41, 5.74) is -2.56. The third-order valence-electron chi connectivity index (χ3n) is 5.17. The number of likely N-dealkylation sites (tertiary alicyclic amines) is 1. The summed E-state index contributed by atoms with van der Waals surface area (Å²) >= 11 is 0. The molecule has 3 fully saturated rings. The molecule has 3 saturated heterocycles. The Morgan fingerprint density at radius 3 is 2.60 bits per heavy atom. The van der Waals surface area contributed by atoms with E-state index in [9.17, 15) is 15.0 Å². The molecule has 3 rings (SSSR count). The fraction of sp³-hybridized carbons (Fsp3) is 0.923. The zero-order valence-electron chi connectivity index (χ0n) is 12.1. The summed E-state index contributed by atoms with van der Waals surface area (Å²) in [5.74, 6) is 0. The predicted molar refractivity (Wildman–Crippen MR) is 68.9 cm³/mol. The van der Waals surface area contributed by atoms with Crippen molar-refractivity contribution in [1.82, 2.24) is 9.80 Å². The van der Waals surface area contributed by atoms with Crippen molar-refractivity contribution in [3.05, 3.63) is 0 Å². The van der Waals surface area contributed by atoms with E-state index >= 15 is 0 Å². The second-order valence-electron chi connectivity index (χ2n) is 6.47. The van der Waals surface area contributed by atoms with Crippen LogP contribution in [0.15, 0.2) is 0 Å². The first-order valence-electron chi connectivity index (χ1n) is 7.03. The molecule has 7 nitrogen and oxygen atoms in total. The largest absolute Gasteiger partial charge is 0.465 e. The second kappa shape index (κ2) is 4.07. The molecule has 0 aromatic rings. The maximum absolute atomic E-state index is 11.5. The van der Waals surface area contributed by atoms with Gasteiger partial charge in [0.05, 0.1) is 6.61 Å². The van der Waals surface area contributed by atoms with Crippen LogP contribution >= 0.6 is 0 Å². The third kappa shape index (κ3) is 1.36. The quantitative estimate of drug-likeness (QED) is 0.769. The average Bonchev–Trinajstić information content (AvgIpc) is 2.89. The number of aliphatic hydroxyl groups is 1. The fourth-order valence-corrected chi connectivity index (χ4v) is 4.16. The van der Waals surface area contributed by atoms with Crippen LogP contribution < -0.4 is 0 Å². The van der Waals surface area contributed by atoms with Crippen LogP contribution in [0.1, 0.15) is 27.2 Å². The summed E-state index contributed by atoms with van der Waals surface area (Å²) in [6.07, 6.45) is -1.28. The van der Waals surface area contributed by atoms with E-state index in [-0.39, 0.29) is 0 Å². The lowest BCUT2D eigenvalue weighted by Crippen LogP contribution is -2.92. The Morgan fingerprint density at radius 2 is 2.15 bits per heavy atom. The van der Waals surface area contributed by atoms with Gasteiger partial charge in [0.2, 0.25) is 0 Å². The number of piperidine rings is 1. The zero-order valence-corrected chi connectivity index (χ0v) is 12.1. The molecule has 3 aliphatic rings. The highest BCUT2D eigenvalue weighted by molar-refractivity contribution is 5.66. The van der Waals surface area contributed by atoms with Crippen LogP contribution in [0, 0.1) is 5.41 Å². The van der Waals surface area contributed by atoms with Crippen LogP contribution in [0.4, 0.5) is 4.79 Å². The van der Waals surface area contributed by atoms with Crippen molar-refractivity contribution >= 4 is 6.09 Å². The zero-order chi connectivity index (χ0) is 14.8. The molecule has 0 aromatic carbocycles. The Hall–Kier alpha value is -0.890. The number of nitrogens with zero attached hydrogens (tertiary/aromatic N) is 2. The molecule has 0 aliphatic carbocycles. The molecular formula is C13H22N2O5. The molecular weight excluding hydrogens is 264 g/mol. The summed E-state index contributed by atoms with van der Waals surface area (Å²) < 4.78 is 11.3. The van der Waals surface area contributed by atoms with Crippen LogP contribution in [0.2, 0.25) is 0 Å². The van der Waals surface area contributed by atoms with Gasteiger partial charge >= 0.3 is 6.09 Å². The maximum atomic E-state index is 11.5. The summed E-state index contributed by atoms with van der Waals surface area (Å²) in [6.45, 7) is 7.66. The Bertz CT molecular complexity index is 436. The van der Waals surface area contributed by atoms with Crippen LogP contribution in [-0.2, 0) is 9.47 Å². The molecule has 0 radical (unpaired) electrons. The summed E-state index contributed by atoms with van der Waals surface area (Å²) in [4.78, 5) is 14.5. The van der Waals surface area contributed by atoms with Gasteiger partial charge in [-0.3, -0.25) is 4.90 Å². The Morgan fingerprint density at radius 1 is 1.45 bits per heavy atom. The number of carbonyl (C=O) groups is 1. The molecule has 7 heteroatoms. The lowest BCUT2D eigenvalue weighted by molar-refractivity contribution is -0.481. The Labute approximate surface area is 118 Å². The van der Waals surface area contributed by atoms with Crippen molar-refractivity contribution in [3.63, 3.8) is 0 Å². The number of rotatable bonds is 2. The monoisotopic (exact) mass is 286 g/mol. The number of hydrogen-bond acceptors (Lipinski definition) is 5. The number of amides is 1. The second-order valence-corrected chi connectivity index (χ2v) is 6.47. The van der Waals surface area contributed by atoms with Gasteiger partial charge in [0.15, 0.2) is 12.0 Å². The van der Waals surface area contributed by atoms with Gasteiger partial charge in [0.25, 0.3) is 0 Å². The number of fused-ring (bicyclic) bond motifs is 2. The lowest BCUT2D eigenvalue weighted by atomic mass is 9.59. The van der Waals surface area contributed by atoms with E-state index in [0.29, 0.717) is 32.8 Å². The standard InChI is InChI=1S/C13H22N2O5/c1-4-12-11(2,3)7-15(10(16)17)9(20-12)13(12,18)14-5-6-19-8-14/h9,18H,4-8H2,1-3H3,(H,16,17)/t9-,12?,13-/m1/s1. The van der Waals surface area contributed by atoms with Gasteiger partial charge in [-0.1, -0.05) is 20.8 Å². The number of hydrogen-bond donors (Lipinski definition) is 2. The van der Waals surface area contributed by atoms with Gasteiger partial charge in [0, 0.05) is 18.5 Å². The minimum Gasteiger partial charge on any atom is -0.465 e. The molecule has 0 aromatic heterocycles. The van der Waals surface area contributed by atoms with E-state index in [1.165, 1.54) is 4.90 Å². The molecule has 0 spiro atoms. The smallest absolute Gasteiger partial charge is 0.409 e. The predicted octanol–water partition coefficient (Wildman–Crippen LogP) is 0.490. The van der Waals surface area contributed by atoms with Crippen molar-refractivity contribution in [2.24, 2.45) is 5.41 Å². The Kier molecular flexibility index (Phi) is 2.86. The van der Waals surface area contributed by atoms with Crippen LogP contribution in [0.5, 0.6) is 0 Å². The van der Waals surface area contributed by atoms with E-state index in [1.54, 1.807) is 0 Å². The Balaban J connectivity index is 2.04. The summed E-state index contributed by atoms with van der Waals surface area (Å²) in [7, 11) is 0. The first-order valence-corrected chi connectivity index (χ1v) is 7.03. The molecule has 2 N–H and O–H groups in total. The first kappa shape index (κ1) is 14.1. The molecule has 114 valence electrons. The average molecular weight is 286 g/mol. The van der Waals surface area contributed by atoms with Gasteiger partial charge < -0.3 is 19.7 Å². The minimum atomic E-state index is -1.32. The highest BCUT2D eigenvalue weighted by Crippen LogP contribution is 2.61. The van der Waals surface area contributed by atoms with Crippen LogP contribution in [0.25, 0.3) is 0 Å². The number of ether oxygens (including phenoxy) is 2. The highest BCUT2D eigenvalue weighted by Gasteiger charge is 2.79. The van der Waals surface area contributed by atoms with Crippen molar-refractivity contribution in [1.29, 1.82) is 0 Å². The van der Waals surface area contributed by atoms with E-state index in [2.05, 4.69) is 0 Å². The van der Waals surface area contributed by atoms with Crippen molar-refractivity contribution in [2.75, 3.05) is 26.4 Å². The first-order chi connectivity index (χ1) is 9.30. The third-order valence-corrected chi connectivity index (χ3v) is 5.17. The van der Waals surface area contributed by atoms with Gasteiger partial charge in [0.1, 0.15) is 12.3 Å². The van der Waals surface area contributed by atoms with E-state index in [1.807, 2.05) is 25.7 Å². The summed E-state index contributed by atoms with van der Waals surface area (Å²) in [5, 5.41) is 20.7. The highest BCUT2D eigenvalue weighted by atomic mass is 16.6. The summed E-state index contributed by atoms with van der Waals surface area (Å²) in [6, 6.07) is 0. The topological polar surface area (TPSA) is 82.5 Å². The normalized spacial score (nSPS) is 43.4. The molecule has 3 aliphatic heterocycles. The van der Waals surface area contributed by atoms with Gasteiger partial charge in [-0.05, 0) is 6.42 Å². The van der Waals surface area contributed by atoms with Crippen LogP contribution in [0.3, 0.4) is 0 Å². The fourth-order valence-electron chi connectivity index (χ4n) is 4.16. The molecule has 3 heterocycles. The molecule has 2 bridgehead atoms. The van der Waals surface area contributed by atoms with Gasteiger partial charge in [-0.2, -0.15) is 0 Å². The van der Waals surface area contributed by atoms with E-state index in [4.69, 9.17) is 9.47 Å². The van der Waals surface area contributed by atoms with Crippen molar-refractivity contribution in [2.45, 2.75) is 44.7 Å². The van der Waals surface area contributed by atoms with Crippen molar-refractivity contribution < 1.29 is 24.5 Å². The molecule has 20 heavy (non-hydrogen) atoms. The van der Waals surface area contributed by atoms with Gasteiger partial charge in [-0.15, -0.1) is 0 Å². The van der Waals surface area contributed by atoms with Crippen molar-refractivity contribution in [3.8, 4) is 0 Å².